The first-order valence-electron chi connectivity index (χ1n) is 5.40. The zero-order valence-electron chi connectivity index (χ0n) is 10.1. The van der Waals surface area contributed by atoms with Gasteiger partial charge in [0.25, 0.3) is 0 Å². The number of aromatic nitrogens is 2. The summed E-state index contributed by atoms with van der Waals surface area (Å²) in [6.07, 6.45) is 4.08. The fraction of sp³-hybridized carbons (Fsp3) is 0.636. The molecule has 90 valence electrons. The van der Waals surface area contributed by atoms with E-state index in [9.17, 15) is 4.79 Å². The van der Waals surface area contributed by atoms with Crippen molar-refractivity contribution in [2.75, 3.05) is 13.7 Å². The van der Waals surface area contributed by atoms with Gasteiger partial charge in [0.1, 0.15) is 0 Å². The van der Waals surface area contributed by atoms with Crippen LogP contribution in [0.1, 0.15) is 18.9 Å². The number of carbonyl (C=O) groups excluding carboxylic acids is 1. The first-order chi connectivity index (χ1) is 7.54. The van der Waals surface area contributed by atoms with Crippen molar-refractivity contribution in [1.29, 1.82) is 0 Å². The third-order valence-electron chi connectivity index (χ3n) is 2.64. The van der Waals surface area contributed by atoms with Gasteiger partial charge in [0, 0.05) is 26.2 Å². The van der Waals surface area contributed by atoms with Gasteiger partial charge in [-0.25, -0.2) is 0 Å². The summed E-state index contributed by atoms with van der Waals surface area (Å²) < 4.78 is 1.75. The van der Waals surface area contributed by atoms with Gasteiger partial charge in [0.2, 0.25) is 5.91 Å². The van der Waals surface area contributed by atoms with Gasteiger partial charge in [-0.1, -0.05) is 0 Å². The quantitative estimate of drug-likeness (QED) is 0.790. The number of aliphatic hydroxyl groups excluding tert-OH is 1. The molecule has 0 saturated carbocycles. The van der Waals surface area contributed by atoms with Gasteiger partial charge in [-0.05, 0) is 19.4 Å². The second kappa shape index (κ2) is 5.65. The summed E-state index contributed by atoms with van der Waals surface area (Å²) in [4.78, 5) is 13.3. The third-order valence-corrected chi connectivity index (χ3v) is 2.64. The van der Waals surface area contributed by atoms with Gasteiger partial charge in [0.15, 0.2) is 0 Å². The number of nitrogens with zero attached hydrogens (tertiary/aromatic N) is 3. The topological polar surface area (TPSA) is 58.4 Å². The molecule has 1 aromatic rings. The summed E-state index contributed by atoms with van der Waals surface area (Å²) in [5, 5.41) is 13.0. The molecule has 0 saturated heterocycles. The normalized spacial score (nSPS) is 12.5. The predicted molar refractivity (Wildman–Crippen MR) is 60.9 cm³/mol. The van der Waals surface area contributed by atoms with Crippen LogP contribution < -0.4 is 0 Å². The minimum atomic E-state index is -0.133. The summed E-state index contributed by atoms with van der Waals surface area (Å²) in [5.74, 6) is 0.0229. The minimum absolute atomic E-state index is 0.0108. The highest BCUT2D eigenvalue weighted by atomic mass is 16.3. The van der Waals surface area contributed by atoms with Crippen LogP contribution in [0.2, 0.25) is 0 Å². The predicted octanol–water partition coefficient (Wildman–Crippen LogP) is 0.421. The SMILES string of the molecule is Cc1cnn(CCC(=O)N(C)C(C)CO)c1. The lowest BCUT2D eigenvalue weighted by Gasteiger charge is -2.23. The summed E-state index contributed by atoms with van der Waals surface area (Å²) in [6, 6.07) is -0.133. The molecule has 0 radical (unpaired) electrons. The Morgan fingerprint density at radius 3 is 2.88 bits per heavy atom. The summed E-state index contributed by atoms with van der Waals surface area (Å²) in [7, 11) is 1.71. The maximum Gasteiger partial charge on any atom is 0.224 e. The van der Waals surface area contributed by atoms with Crippen molar-refractivity contribution in [3.8, 4) is 0 Å². The van der Waals surface area contributed by atoms with Gasteiger partial charge < -0.3 is 10.0 Å². The molecule has 1 amide bonds. The fourth-order valence-corrected chi connectivity index (χ4v) is 1.34. The molecule has 1 N–H and O–H groups in total. The van der Waals surface area contributed by atoms with Crippen LogP contribution in [0.15, 0.2) is 12.4 Å². The van der Waals surface area contributed by atoms with E-state index in [0.29, 0.717) is 13.0 Å². The molecule has 0 aliphatic rings. The van der Waals surface area contributed by atoms with Gasteiger partial charge in [-0.2, -0.15) is 5.10 Å². The third kappa shape index (κ3) is 3.34. The van der Waals surface area contributed by atoms with Crippen LogP contribution in [-0.4, -0.2) is 45.4 Å². The number of hydrogen-bond donors (Lipinski definition) is 1. The zero-order valence-corrected chi connectivity index (χ0v) is 10.1. The van der Waals surface area contributed by atoms with E-state index in [0.717, 1.165) is 5.56 Å². The summed E-state index contributed by atoms with van der Waals surface area (Å²) >= 11 is 0. The lowest BCUT2D eigenvalue weighted by Crippen LogP contribution is -2.37. The first-order valence-corrected chi connectivity index (χ1v) is 5.40. The number of likely N-dealkylation sites (N-methyl/N-ethyl adjacent to an activating group) is 1. The Kier molecular flexibility index (Phi) is 4.49. The molecular weight excluding hydrogens is 206 g/mol. The van der Waals surface area contributed by atoms with Gasteiger partial charge in [0.05, 0.1) is 18.8 Å². The van der Waals surface area contributed by atoms with Crippen molar-refractivity contribution < 1.29 is 9.90 Å². The zero-order chi connectivity index (χ0) is 12.1. The number of amides is 1. The number of aliphatic hydroxyl groups is 1. The molecule has 1 atom stereocenters. The molecule has 0 aliphatic heterocycles. The lowest BCUT2D eigenvalue weighted by atomic mass is 10.3. The first kappa shape index (κ1) is 12.7. The highest BCUT2D eigenvalue weighted by Gasteiger charge is 2.14. The van der Waals surface area contributed by atoms with Crippen LogP contribution in [0.25, 0.3) is 0 Å². The van der Waals surface area contributed by atoms with E-state index >= 15 is 0 Å². The summed E-state index contributed by atoms with van der Waals surface area (Å²) in [5.41, 5.74) is 1.09. The minimum Gasteiger partial charge on any atom is -0.394 e. The van der Waals surface area contributed by atoms with Crippen molar-refractivity contribution in [2.24, 2.45) is 0 Å². The smallest absolute Gasteiger partial charge is 0.224 e. The van der Waals surface area contributed by atoms with E-state index < -0.39 is 0 Å². The van der Waals surface area contributed by atoms with Gasteiger partial charge >= 0.3 is 0 Å². The maximum absolute atomic E-state index is 11.7. The maximum atomic E-state index is 11.7. The molecule has 5 nitrogen and oxygen atoms in total. The molecule has 1 heterocycles. The lowest BCUT2D eigenvalue weighted by molar-refractivity contribution is -0.132. The van der Waals surface area contributed by atoms with Crippen molar-refractivity contribution in [3.63, 3.8) is 0 Å². The Balaban J connectivity index is 2.40. The molecule has 0 bridgehead atoms. The fourth-order valence-electron chi connectivity index (χ4n) is 1.34. The molecule has 1 unspecified atom stereocenters. The summed E-state index contributed by atoms with van der Waals surface area (Å²) in [6.45, 7) is 4.35. The monoisotopic (exact) mass is 225 g/mol. The number of carbonyl (C=O) groups is 1. The van der Waals surface area contributed by atoms with E-state index in [2.05, 4.69) is 5.10 Å². The van der Waals surface area contributed by atoms with E-state index in [1.54, 1.807) is 22.8 Å². The van der Waals surface area contributed by atoms with Crippen LogP contribution in [-0.2, 0) is 11.3 Å². The van der Waals surface area contributed by atoms with Gasteiger partial charge in [-0.15, -0.1) is 0 Å². The van der Waals surface area contributed by atoms with E-state index in [1.807, 2.05) is 20.0 Å². The van der Waals surface area contributed by atoms with E-state index in [1.165, 1.54) is 0 Å². The van der Waals surface area contributed by atoms with Gasteiger partial charge in [-0.3, -0.25) is 9.48 Å². The average Bonchev–Trinajstić information content (AvgIpc) is 2.69. The Labute approximate surface area is 95.7 Å². The molecule has 1 aromatic heterocycles. The standard InChI is InChI=1S/C11H19N3O2/c1-9-6-12-14(7-9)5-4-11(16)13(3)10(2)8-15/h6-7,10,15H,4-5,8H2,1-3H3. The van der Waals surface area contributed by atoms with E-state index in [4.69, 9.17) is 5.11 Å². The highest BCUT2D eigenvalue weighted by Crippen LogP contribution is 2.01. The van der Waals surface area contributed by atoms with Crippen molar-refractivity contribution >= 4 is 5.91 Å². The van der Waals surface area contributed by atoms with Crippen molar-refractivity contribution in [3.05, 3.63) is 18.0 Å². The Morgan fingerprint density at radius 1 is 1.69 bits per heavy atom. The molecule has 0 fully saturated rings. The van der Waals surface area contributed by atoms with Crippen LogP contribution in [0.4, 0.5) is 0 Å². The second-order valence-electron chi connectivity index (χ2n) is 4.07. The van der Waals surface area contributed by atoms with Crippen LogP contribution in [0.5, 0.6) is 0 Å². The van der Waals surface area contributed by atoms with Crippen LogP contribution >= 0.6 is 0 Å². The highest BCUT2D eigenvalue weighted by molar-refractivity contribution is 5.76. The van der Waals surface area contributed by atoms with Crippen LogP contribution in [0.3, 0.4) is 0 Å². The average molecular weight is 225 g/mol. The van der Waals surface area contributed by atoms with Crippen LogP contribution in [0, 0.1) is 6.92 Å². The second-order valence-corrected chi connectivity index (χ2v) is 4.07. The molecular formula is C11H19N3O2. The molecule has 5 heteroatoms. The Morgan fingerprint density at radius 2 is 2.38 bits per heavy atom. The molecule has 1 rings (SSSR count). The van der Waals surface area contributed by atoms with Crippen molar-refractivity contribution in [2.45, 2.75) is 32.9 Å². The van der Waals surface area contributed by atoms with Crippen molar-refractivity contribution in [1.82, 2.24) is 14.7 Å². The number of rotatable bonds is 5. The number of aryl methyl sites for hydroxylation is 2. The van der Waals surface area contributed by atoms with E-state index in [-0.39, 0.29) is 18.6 Å². The number of hydrogen-bond acceptors (Lipinski definition) is 3. The Hall–Kier alpha value is -1.36. The Bertz CT molecular complexity index is 349. The molecule has 0 aliphatic carbocycles. The largest absolute Gasteiger partial charge is 0.394 e. The molecule has 0 spiro atoms. The molecule has 16 heavy (non-hydrogen) atoms. The molecule has 0 aromatic carbocycles.